The van der Waals surface area contributed by atoms with E-state index in [0.29, 0.717) is 38.4 Å². The highest BCUT2D eigenvalue weighted by Gasteiger charge is 2.31. The summed E-state index contributed by atoms with van der Waals surface area (Å²) in [5.74, 6) is -0.224. The van der Waals surface area contributed by atoms with Gasteiger partial charge in [0, 0.05) is 50.8 Å². The van der Waals surface area contributed by atoms with Crippen molar-refractivity contribution >= 4 is 12.0 Å². The molecule has 26 heavy (non-hydrogen) atoms. The van der Waals surface area contributed by atoms with Gasteiger partial charge in [0.1, 0.15) is 6.29 Å². The number of pyridine rings is 1. The number of alkyl halides is 3. The number of piperazine rings is 1. The van der Waals surface area contributed by atoms with E-state index in [-0.39, 0.29) is 5.92 Å². The molecular formula is C19H20F3N3O. The zero-order chi connectivity index (χ0) is 18.6. The van der Waals surface area contributed by atoms with Gasteiger partial charge in [0.25, 0.3) is 0 Å². The Kier molecular flexibility index (Phi) is 5.56. The maximum atomic E-state index is 12.9. The minimum absolute atomic E-state index is 0.224. The van der Waals surface area contributed by atoms with Crippen LogP contribution in [0.2, 0.25) is 0 Å². The van der Waals surface area contributed by atoms with E-state index in [0.717, 1.165) is 17.9 Å². The molecule has 0 saturated carbocycles. The van der Waals surface area contributed by atoms with Gasteiger partial charge in [0.15, 0.2) is 0 Å². The standard InChI is InChI=1S/C19H20F3N3O/c20-19(21,22)17-2-1-3-18(12-17)25-10-8-24(9-11-25)13-16(14-26)15-4-6-23-7-5-15/h1-7,12,14,16H,8-11,13H2. The number of aromatic nitrogens is 1. The number of halogens is 3. The Morgan fingerprint density at radius 3 is 2.38 bits per heavy atom. The van der Waals surface area contributed by atoms with Crippen molar-refractivity contribution in [2.45, 2.75) is 12.1 Å². The summed E-state index contributed by atoms with van der Waals surface area (Å²) < 4.78 is 38.6. The quantitative estimate of drug-likeness (QED) is 0.765. The molecule has 2 aromatic rings. The number of rotatable bonds is 5. The molecule has 1 unspecified atom stereocenters. The predicted molar refractivity (Wildman–Crippen MR) is 93.1 cm³/mol. The number of anilines is 1. The van der Waals surface area contributed by atoms with Crippen molar-refractivity contribution in [1.29, 1.82) is 0 Å². The van der Waals surface area contributed by atoms with E-state index in [1.165, 1.54) is 12.1 Å². The zero-order valence-corrected chi connectivity index (χ0v) is 14.2. The summed E-state index contributed by atoms with van der Waals surface area (Å²) in [7, 11) is 0. The molecule has 0 aliphatic carbocycles. The molecule has 138 valence electrons. The van der Waals surface area contributed by atoms with E-state index in [1.54, 1.807) is 18.5 Å². The number of hydrogen-bond acceptors (Lipinski definition) is 4. The summed E-state index contributed by atoms with van der Waals surface area (Å²) in [6, 6.07) is 9.09. The van der Waals surface area contributed by atoms with Gasteiger partial charge in [-0.25, -0.2) is 0 Å². The fourth-order valence-electron chi connectivity index (χ4n) is 3.18. The van der Waals surface area contributed by atoms with Crippen LogP contribution in [-0.2, 0) is 11.0 Å². The van der Waals surface area contributed by atoms with E-state index in [4.69, 9.17) is 0 Å². The lowest BCUT2D eigenvalue weighted by Crippen LogP contribution is -2.47. The van der Waals surface area contributed by atoms with Crippen molar-refractivity contribution in [3.05, 3.63) is 59.9 Å². The molecule has 1 aliphatic rings. The summed E-state index contributed by atoms with van der Waals surface area (Å²) in [5.41, 5.74) is 0.881. The Morgan fingerprint density at radius 2 is 1.77 bits per heavy atom. The molecule has 0 N–H and O–H groups in total. The number of aldehydes is 1. The van der Waals surface area contributed by atoms with E-state index in [9.17, 15) is 18.0 Å². The topological polar surface area (TPSA) is 36.4 Å². The molecule has 1 aromatic heterocycles. The second-order valence-corrected chi connectivity index (χ2v) is 6.36. The molecule has 1 atom stereocenters. The Morgan fingerprint density at radius 1 is 1.08 bits per heavy atom. The molecule has 1 aromatic carbocycles. The number of carbonyl (C=O) groups is 1. The highest BCUT2D eigenvalue weighted by Crippen LogP contribution is 2.32. The van der Waals surface area contributed by atoms with Crippen LogP contribution >= 0.6 is 0 Å². The minimum atomic E-state index is -4.33. The first-order chi connectivity index (χ1) is 12.5. The third-order valence-electron chi connectivity index (χ3n) is 4.66. The van der Waals surface area contributed by atoms with Gasteiger partial charge in [-0.15, -0.1) is 0 Å². The van der Waals surface area contributed by atoms with Crippen molar-refractivity contribution < 1.29 is 18.0 Å². The van der Waals surface area contributed by atoms with Crippen LogP contribution < -0.4 is 4.90 Å². The number of benzene rings is 1. The predicted octanol–water partition coefficient (Wildman–Crippen LogP) is 3.21. The molecule has 7 heteroatoms. The number of carbonyl (C=O) groups excluding carboxylic acids is 1. The molecule has 4 nitrogen and oxygen atoms in total. The van der Waals surface area contributed by atoms with Gasteiger partial charge >= 0.3 is 6.18 Å². The highest BCUT2D eigenvalue weighted by molar-refractivity contribution is 5.62. The normalized spacial score (nSPS) is 17.1. The highest BCUT2D eigenvalue weighted by atomic mass is 19.4. The van der Waals surface area contributed by atoms with Gasteiger partial charge in [-0.3, -0.25) is 9.88 Å². The average molecular weight is 363 g/mol. The lowest BCUT2D eigenvalue weighted by atomic mass is 10.0. The van der Waals surface area contributed by atoms with Crippen LogP contribution in [0, 0.1) is 0 Å². The van der Waals surface area contributed by atoms with Gasteiger partial charge in [0.05, 0.1) is 11.5 Å². The molecule has 3 rings (SSSR count). The molecule has 2 heterocycles. The van der Waals surface area contributed by atoms with Crippen LogP contribution in [0.1, 0.15) is 17.0 Å². The number of nitrogens with zero attached hydrogens (tertiary/aromatic N) is 3. The first kappa shape index (κ1) is 18.4. The molecule has 0 radical (unpaired) electrons. The summed E-state index contributed by atoms with van der Waals surface area (Å²) in [6.45, 7) is 3.26. The molecule has 0 bridgehead atoms. The summed E-state index contributed by atoms with van der Waals surface area (Å²) in [5, 5.41) is 0. The molecular weight excluding hydrogens is 343 g/mol. The van der Waals surface area contributed by atoms with Gasteiger partial charge < -0.3 is 9.69 Å². The van der Waals surface area contributed by atoms with Crippen LogP contribution in [-0.4, -0.2) is 48.9 Å². The van der Waals surface area contributed by atoms with Crippen molar-refractivity contribution in [2.24, 2.45) is 0 Å². The molecule has 0 amide bonds. The second-order valence-electron chi connectivity index (χ2n) is 6.36. The van der Waals surface area contributed by atoms with Crippen molar-refractivity contribution in [3.8, 4) is 0 Å². The van der Waals surface area contributed by atoms with Crippen LogP contribution in [0.4, 0.5) is 18.9 Å². The van der Waals surface area contributed by atoms with Gasteiger partial charge in [-0.05, 0) is 35.9 Å². The first-order valence-electron chi connectivity index (χ1n) is 8.47. The summed E-state index contributed by atoms with van der Waals surface area (Å²) >= 11 is 0. The second kappa shape index (κ2) is 7.86. The average Bonchev–Trinajstić information content (AvgIpc) is 2.67. The summed E-state index contributed by atoms with van der Waals surface area (Å²) in [6.07, 6.45) is -0.0666. The fourth-order valence-corrected chi connectivity index (χ4v) is 3.18. The lowest BCUT2D eigenvalue weighted by Gasteiger charge is -2.37. The monoisotopic (exact) mass is 363 g/mol. The Bertz CT molecular complexity index is 728. The van der Waals surface area contributed by atoms with Crippen LogP contribution in [0.25, 0.3) is 0 Å². The maximum Gasteiger partial charge on any atom is 0.416 e. The fraction of sp³-hybridized carbons (Fsp3) is 0.368. The smallest absolute Gasteiger partial charge is 0.369 e. The molecule has 1 saturated heterocycles. The Labute approximate surface area is 150 Å². The molecule has 1 fully saturated rings. The number of hydrogen-bond donors (Lipinski definition) is 0. The molecule has 1 aliphatic heterocycles. The van der Waals surface area contributed by atoms with Crippen LogP contribution in [0.3, 0.4) is 0 Å². The van der Waals surface area contributed by atoms with E-state index >= 15 is 0 Å². The maximum absolute atomic E-state index is 12.9. The third-order valence-corrected chi connectivity index (χ3v) is 4.66. The van der Waals surface area contributed by atoms with E-state index in [2.05, 4.69) is 9.88 Å². The largest absolute Gasteiger partial charge is 0.416 e. The van der Waals surface area contributed by atoms with Gasteiger partial charge in [-0.1, -0.05) is 6.07 Å². The van der Waals surface area contributed by atoms with E-state index in [1.807, 2.05) is 17.0 Å². The minimum Gasteiger partial charge on any atom is -0.369 e. The van der Waals surface area contributed by atoms with Crippen LogP contribution in [0.5, 0.6) is 0 Å². The SMILES string of the molecule is O=CC(CN1CCN(c2cccc(C(F)(F)F)c2)CC1)c1ccncc1. The summed E-state index contributed by atoms with van der Waals surface area (Å²) in [4.78, 5) is 19.5. The van der Waals surface area contributed by atoms with E-state index < -0.39 is 11.7 Å². The molecule has 0 spiro atoms. The van der Waals surface area contributed by atoms with Crippen molar-refractivity contribution in [1.82, 2.24) is 9.88 Å². The van der Waals surface area contributed by atoms with Crippen LogP contribution in [0.15, 0.2) is 48.8 Å². The first-order valence-corrected chi connectivity index (χ1v) is 8.47. The van der Waals surface area contributed by atoms with Gasteiger partial charge in [-0.2, -0.15) is 13.2 Å². The van der Waals surface area contributed by atoms with Crippen molar-refractivity contribution in [3.63, 3.8) is 0 Å². The van der Waals surface area contributed by atoms with Gasteiger partial charge in [0.2, 0.25) is 0 Å². The lowest BCUT2D eigenvalue weighted by molar-refractivity contribution is -0.137. The van der Waals surface area contributed by atoms with Crippen molar-refractivity contribution in [2.75, 3.05) is 37.6 Å². The third kappa shape index (κ3) is 4.40. The Balaban J connectivity index is 1.60. The zero-order valence-electron chi connectivity index (χ0n) is 14.2. The Hall–Kier alpha value is -2.41.